The minimum atomic E-state index is 0.659. The number of H-pyrrole nitrogens is 1. The van der Waals surface area contributed by atoms with Crippen LogP contribution in [0.1, 0.15) is 24.1 Å². The molecule has 0 atom stereocenters. The van der Waals surface area contributed by atoms with E-state index in [-0.39, 0.29) is 0 Å². The van der Waals surface area contributed by atoms with Crippen molar-refractivity contribution in [2.45, 2.75) is 26.8 Å². The van der Waals surface area contributed by atoms with Crippen LogP contribution in [0, 0.1) is 6.92 Å². The van der Waals surface area contributed by atoms with Crippen LogP contribution in [0.25, 0.3) is 5.69 Å². The lowest BCUT2D eigenvalue weighted by Crippen LogP contribution is -2.03. The van der Waals surface area contributed by atoms with Gasteiger partial charge in [0.25, 0.3) is 0 Å². The molecule has 0 unspecified atom stereocenters. The van der Waals surface area contributed by atoms with Gasteiger partial charge < -0.3 is 10.3 Å². The maximum absolute atomic E-state index is 6.24. The zero-order valence-electron chi connectivity index (χ0n) is 12.6. The second-order valence-electron chi connectivity index (χ2n) is 5.10. The highest BCUT2D eigenvalue weighted by Gasteiger charge is 2.09. The molecular weight excluding hydrogens is 298 g/mol. The first-order valence-electron chi connectivity index (χ1n) is 7.25. The molecule has 6 heteroatoms. The van der Waals surface area contributed by atoms with Gasteiger partial charge in [0, 0.05) is 18.2 Å². The van der Waals surface area contributed by atoms with E-state index in [1.165, 1.54) is 0 Å². The van der Waals surface area contributed by atoms with E-state index in [2.05, 4.69) is 27.3 Å². The molecule has 0 bridgehead atoms. The summed E-state index contributed by atoms with van der Waals surface area (Å²) in [7, 11) is 0. The lowest BCUT2D eigenvalue weighted by atomic mass is 10.3. The molecule has 2 heterocycles. The van der Waals surface area contributed by atoms with Crippen molar-refractivity contribution in [1.29, 1.82) is 0 Å². The first kappa shape index (κ1) is 14.7. The molecule has 2 N–H and O–H groups in total. The van der Waals surface area contributed by atoms with Gasteiger partial charge in [-0.1, -0.05) is 30.7 Å². The summed E-state index contributed by atoms with van der Waals surface area (Å²) in [5.74, 6) is 1.81. The van der Waals surface area contributed by atoms with E-state index in [1.807, 2.05) is 48.1 Å². The molecule has 0 saturated carbocycles. The third-order valence-electron chi connectivity index (χ3n) is 3.44. The van der Waals surface area contributed by atoms with Gasteiger partial charge in [-0.15, -0.1) is 0 Å². The Morgan fingerprint density at radius 3 is 2.86 bits per heavy atom. The average Bonchev–Trinajstić information content (AvgIpc) is 3.12. The summed E-state index contributed by atoms with van der Waals surface area (Å²) in [4.78, 5) is 7.56. The van der Waals surface area contributed by atoms with Crippen molar-refractivity contribution in [3.05, 3.63) is 58.8 Å². The van der Waals surface area contributed by atoms with Crippen LogP contribution in [0.3, 0.4) is 0 Å². The summed E-state index contributed by atoms with van der Waals surface area (Å²) in [6.07, 6.45) is 2.75. The van der Waals surface area contributed by atoms with E-state index in [4.69, 9.17) is 11.6 Å². The van der Waals surface area contributed by atoms with Crippen molar-refractivity contribution in [1.82, 2.24) is 19.7 Å². The van der Waals surface area contributed by atoms with E-state index in [9.17, 15) is 0 Å². The van der Waals surface area contributed by atoms with Crippen LogP contribution < -0.4 is 5.32 Å². The predicted molar refractivity (Wildman–Crippen MR) is 88.6 cm³/mol. The van der Waals surface area contributed by atoms with Gasteiger partial charge in [0.05, 0.1) is 29.1 Å². The molecule has 0 aliphatic heterocycles. The zero-order valence-corrected chi connectivity index (χ0v) is 13.4. The van der Waals surface area contributed by atoms with E-state index >= 15 is 0 Å². The van der Waals surface area contributed by atoms with Gasteiger partial charge in [0.15, 0.2) is 0 Å². The third kappa shape index (κ3) is 2.99. The molecule has 0 spiro atoms. The van der Waals surface area contributed by atoms with Gasteiger partial charge in [-0.2, -0.15) is 5.10 Å². The lowest BCUT2D eigenvalue weighted by Gasteiger charge is -2.06. The number of rotatable bonds is 5. The van der Waals surface area contributed by atoms with Crippen LogP contribution >= 0.6 is 11.6 Å². The molecule has 22 heavy (non-hydrogen) atoms. The van der Waals surface area contributed by atoms with Crippen molar-refractivity contribution >= 4 is 17.4 Å². The highest BCUT2D eigenvalue weighted by molar-refractivity contribution is 6.32. The number of aryl methyl sites for hydroxylation is 2. The van der Waals surface area contributed by atoms with E-state index in [1.54, 1.807) is 0 Å². The number of aromatic amines is 1. The third-order valence-corrected chi connectivity index (χ3v) is 3.76. The number of anilines is 1. The standard InChI is InChI=1S/C16H18ClN5/c1-3-15-18-9-12(20-15)10-19-16-8-11(2)22(21-16)14-7-5-4-6-13(14)17/h4-9H,3,10H2,1-2H3,(H,18,20)(H,19,21). The summed E-state index contributed by atoms with van der Waals surface area (Å²) < 4.78 is 1.84. The molecule has 0 aliphatic rings. The van der Waals surface area contributed by atoms with Crippen LogP contribution in [0.5, 0.6) is 0 Å². The molecule has 0 fully saturated rings. The molecule has 5 nitrogen and oxygen atoms in total. The number of para-hydroxylation sites is 1. The molecule has 0 radical (unpaired) electrons. The quantitative estimate of drug-likeness (QED) is 0.754. The highest BCUT2D eigenvalue weighted by Crippen LogP contribution is 2.22. The van der Waals surface area contributed by atoms with Gasteiger partial charge in [-0.05, 0) is 19.1 Å². The first-order valence-corrected chi connectivity index (χ1v) is 7.63. The maximum atomic E-state index is 6.24. The summed E-state index contributed by atoms with van der Waals surface area (Å²) in [6.45, 7) is 4.74. The van der Waals surface area contributed by atoms with Crippen LogP contribution in [0.15, 0.2) is 36.5 Å². The molecule has 3 rings (SSSR count). The fraction of sp³-hybridized carbons (Fsp3) is 0.250. The number of hydrogen-bond acceptors (Lipinski definition) is 3. The van der Waals surface area contributed by atoms with E-state index < -0.39 is 0 Å². The number of halogens is 1. The smallest absolute Gasteiger partial charge is 0.149 e. The lowest BCUT2D eigenvalue weighted by molar-refractivity contribution is 0.845. The molecule has 0 aliphatic carbocycles. The number of benzene rings is 1. The van der Waals surface area contributed by atoms with Gasteiger partial charge in [-0.3, -0.25) is 0 Å². The number of nitrogens with one attached hydrogen (secondary N) is 2. The number of imidazole rings is 1. The van der Waals surface area contributed by atoms with Gasteiger partial charge in [0.1, 0.15) is 11.6 Å². The van der Waals surface area contributed by atoms with Crippen LogP contribution in [0.2, 0.25) is 5.02 Å². The zero-order chi connectivity index (χ0) is 15.5. The van der Waals surface area contributed by atoms with E-state index in [0.29, 0.717) is 11.6 Å². The highest BCUT2D eigenvalue weighted by atomic mass is 35.5. The van der Waals surface area contributed by atoms with Crippen molar-refractivity contribution in [3.8, 4) is 5.69 Å². The minimum absolute atomic E-state index is 0.659. The minimum Gasteiger partial charge on any atom is -0.363 e. The second-order valence-corrected chi connectivity index (χ2v) is 5.50. The topological polar surface area (TPSA) is 58.5 Å². The summed E-state index contributed by atoms with van der Waals surface area (Å²) in [6, 6.07) is 9.68. The monoisotopic (exact) mass is 315 g/mol. The van der Waals surface area contributed by atoms with Crippen LogP contribution in [-0.4, -0.2) is 19.7 Å². The molecule has 1 aromatic carbocycles. The Morgan fingerprint density at radius 1 is 1.32 bits per heavy atom. The number of nitrogens with zero attached hydrogens (tertiary/aromatic N) is 3. The van der Waals surface area contributed by atoms with Gasteiger partial charge in [0.2, 0.25) is 0 Å². The molecule has 0 saturated heterocycles. The number of hydrogen-bond donors (Lipinski definition) is 2. The van der Waals surface area contributed by atoms with Crippen LogP contribution in [-0.2, 0) is 13.0 Å². The van der Waals surface area contributed by atoms with Crippen molar-refractivity contribution in [3.63, 3.8) is 0 Å². The predicted octanol–water partition coefficient (Wildman–Crippen LogP) is 3.73. The Kier molecular flexibility index (Phi) is 4.15. The van der Waals surface area contributed by atoms with Crippen molar-refractivity contribution < 1.29 is 0 Å². The second kappa shape index (κ2) is 6.23. The molecule has 0 amide bonds. The fourth-order valence-electron chi connectivity index (χ4n) is 2.29. The Labute approximate surface area is 134 Å². The van der Waals surface area contributed by atoms with Crippen molar-refractivity contribution in [2.75, 3.05) is 5.32 Å². The van der Waals surface area contributed by atoms with Crippen LogP contribution in [0.4, 0.5) is 5.82 Å². The first-order chi connectivity index (χ1) is 10.7. The fourth-order valence-corrected chi connectivity index (χ4v) is 2.51. The molecule has 3 aromatic rings. The Morgan fingerprint density at radius 2 is 2.14 bits per heavy atom. The van der Waals surface area contributed by atoms with E-state index in [0.717, 1.165) is 35.1 Å². The molecular formula is C16H18ClN5. The Hall–Kier alpha value is -2.27. The normalized spacial score (nSPS) is 10.9. The maximum Gasteiger partial charge on any atom is 0.149 e. The summed E-state index contributed by atoms with van der Waals surface area (Å²) in [5, 5.41) is 8.55. The van der Waals surface area contributed by atoms with Gasteiger partial charge in [-0.25, -0.2) is 9.67 Å². The Balaban J connectivity index is 1.76. The van der Waals surface area contributed by atoms with Crippen molar-refractivity contribution in [2.24, 2.45) is 0 Å². The van der Waals surface area contributed by atoms with Gasteiger partial charge >= 0.3 is 0 Å². The Bertz CT molecular complexity index is 774. The largest absolute Gasteiger partial charge is 0.363 e. The summed E-state index contributed by atoms with van der Waals surface area (Å²) in [5.41, 5.74) is 2.95. The molecule has 114 valence electrons. The summed E-state index contributed by atoms with van der Waals surface area (Å²) >= 11 is 6.24. The molecule has 2 aromatic heterocycles. The average molecular weight is 316 g/mol. The number of aromatic nitrogens is 4. The SMILES string of the molecule is CCc1ncc(CNc2cc(C)n(-c3ccccc3Cl)n2)[nH]1.